The number of carbonyl (C=O) groups is 1. The summed E-state index contributed by atoms with van der Waals surface area (Å²) >= 11 is 0. The second kappa shape index (κ2) is 3.94. The average Bonchev–Trinajstić information content (AvgIpc) is 2.17. The first-order valence-electron chi connectivity index (χ1n) is 3.91. The van der Waals surface area contributed by atoms with Gasteiger partial charge in [-0.15, -0.1) is 0 Å². The number of methoxy groups -OCH3 is 2. The van der Waals surface area contributed by atoms with Crippen LogP contribution in [0.3, 0.4) is 0 Å². The lowest BCUT2D eigenvalue weighted by atomic mass is 10.1. The third kappa shape index (κ3) is 1.64. The van der Waals surface area contributed by atoms with Gasteiger partial charge in [0.15, 0.2) is 17.8 Å². The number of ether oxygens (including phenoxy) is 2. The number of rotatable bonds is 3. The van der Waals surface area contributed by atoms with E-state index in [4.69, 9.17) is 9.47 Å². The Labute approximate surface area is 77.3 Å². The van der Waals surface area contributed by atoms with Gasteiger partial charge >= 0.3 is 0 Å². The molecule has 0 bridgehead atoms. The fourth-order valence-electron chi connectivity index (χ4n) is 1.20. The quantitative estimate of drug-likeness (QED) is 0.665. The molecule has 1 aromatic rings. The lowest BCUT2D eigenvalue weighted by Gasteiger charge is -2.10. The molecule has 13 heavy (non-hydrogen) atoms. The Morgan fingerprint density at radius 3 is 2.38 bits per heavy atom. The highest BCUT2D eigenvalue weighted by molar-refractivity contribution is 5.83. The van der Waals surface area contributed by atoms with Crippen molar-refractivity contribution in [1.82, 2.24) is 0 Å². The van der Waals surface area contributed by atoms with Crippen molar-refractivity contribution in [1.29, 1.82) is 0 Å². The van der Waals surface area contributed by atoms with E-state index >= 15 is 0 Å². The van der Waals surface area contributed by atoms with Gasteiger partial charge in [0.25, 0.3) is 0 Å². The van der Waals surface area contributed by atoms with Crippen LogP contribution in [0.1, 0.15) is 15.9 Å². The standard InChI is InChI=1S/C10H12O3/c1-7-4-5-9(12-2)10(13-3)8(7)6-11/h4-6H,1-3H3. The van der Waals surface area contributed by atoms with Crippen molar-refractivity contribution in [3.05, 3.63) is 23.3 Å². The van der Waals surface area contributed by atoms with Crippen molar-refractivity contribution in [2.24, 2.45) is 0 Å². The summed E-state index contributed by atoms with van der Waals surface area (Å²) in [4.78, 5) is 10.7. The third-order valence-corrected chi connectivity index (χ3v) is 1.92. The van der Waals surface area contributed by atoms with Crippen LogP contribution in [0, 0.1) is 6.92 Å². The Morgan fingerprint density at radius 2 is 1.92 bits per heavy atom. The maximum atomic E-state index is 10.7. The lowest BCUT2D eigenvalue weighted by Crippen LogP contribution is -1.97. The number of hydrogen-bond acceptors (Lipinski definition) is 3. The molecule has 0 aromatic heterocycles. The van der Waals surface area contributed by atoms with Gasteiger partial charge in [0, 0.05) is 0 Å². The highest BCUT2D eigenvalue weighted by atomic mass is 16.5. The van der Waals surface area contributed by atoms with Gasteiger partial charge in [-0.1, -0.05) is 6.07 Å². The molecule has 1 aromatic carbocycles. The normalized spacial score (nSPS) is 9.46. The van der Waals surface area contributed by atoms with Crippen molar-refractivity contribution < 1.29 is 14.3 Å². The zero-order valence-electron chi connectivity index (χ0n) is 7.96. The topological polar surface area (TPSA) is 35.5 Å². The molecule has 0 saturated carbocycles. The molecule has 70 valence electrons. The molecule has 0 spiro atoms. The first-order chi connectivity index (χ1) is 6.24. The molecule has 0 amide bonds. The molecule has 0 radical (unpaired) electrons. The van der Waals surface area contributed by atoms with Gasteiger partial charge in [0.1, 0.15) is 0 Å². The highest BCUT2D eigenvalue weighted by Crippen LogP contribution is 2.31. The van der Waals surface area contributed by atoms with E-state index in [1.54, 1.807) is 13.2 Å². The SMILES string of the molecule is COc1ccc(C)c(C=O)c1OC. The average molecular weight is 180 g/mol. The first kappa shape index (κ1) is 9.58. The molecule has 0 saturated heterocycles. The van der Waals surface area contributed by atoms with Crippen LogP contribution in [-0.4, -0.2) is 20.5 Å². The predicted molar refractivity (Wildman–Crippen MR) is 49.7 cm³/mol. The third-order valence-electron chi connectivity index (χ3n) is 1.92. The van der Waals surface area contributed by atoms with Crippen molar-refractivity contribution in [2.75, 3.05) is 14.2 Å². The summed E-state index contributed by atoms with van der Waals surface area (Å²) in [6.07, 6.45) is 0.774. The summed E-state index contributed by atoms with van der Waals surface area (Å²) in [7, 11) is 3.06. The summed E-state index contributed by atoms with van der Waals surface area (Å²) < 4.78 is 10.1. The van der Waals surface area contributed by atoms with E-state index in [1.807, 2.05) is 13.0 Å². The van der Waals surface area contributed by atoms with E-state index in [1.165, 1.54) is 7.11 Å². The van der Waals surface area contributed by atoms with Crippen molar-refractivity contribution in [2.45, 2.75) is 6.92 Å². The van der Waals surface area contributed by atoms with Gasteiger partial charge in [-0.3, -0.25) is 4.79 Å². The molecule has 0 atom stereocenters. The minimum atomic E-state index is 0.498. The van der Waals surface area contributed by atoms with Crippen LogP contribution in [0.25, 0.3) is 0 Å². The largest absolute Gasteiger partial charge is 0.493 e. The van der Waals surface area contributed by atoms with Gasteiger partial charge in [0.05, 0.1) is 19.8 Å². The second-order valence-corrected chi connectivity index (χ2v) is 2.65. The Bertz CT molecular complexity index is 318. The van der Waals surface area contributed by atoms with Crippen LogP contribution in [0.2, 0.25) is 0 Å². The molecule has 3 heteroatoms. The minimum Gasteiger partial charge on any atom is -0.493 e. The van der Waals surface area contributed by atoms with Crippen LogP contribution in [0.5, 0.6) is 11.5 Å². The summed E-state index contributed by atoms with van der Waals surface area (Å²) in [5.41, 5.74) is 1.43. The Kier molecular flexibility index (Phi) is 2.90. The molecule has 0 aliphatic rings. The molecule has 1 rings (SSSR count). The summed E-state index contributed by atoms with van der Waals surface area (Å²) in [6, 6.07) is 3.60. The first-order valence-corrected chi connectivity index (χ1v) is 3.91. The van der Waals surface area contributed by atoms with E-state index in [0.717, 1.165) is 11.8 Å². The monoisotopic (exact) mass is 180 g/mol. The van der Waals surface area contributed by atoms with Crippen molar-refractivity contribution in [3.63, 3.8) is 0 Å². The van der Waals surface area contributed by atoms with Crippen LogP contribution < -0.4 is 9.47 Å². The molecule has 0 N–H and O–H groups in total. The Morgan fingerprint density at radius 1 is 1.23 bits per heavy atom. The van der Waals surface area contributed by atoms with Gasteiger partial charge in [-0.05, 0) is 18.6 Å². The maximum absolute atomic E-state index is 10.7. The molecule has 3 nitrogen and oxygen atoms in total. The Hall–Kier alpha value is -1.51. The minimum absolute atomic E-state index is 0.498. The van der Waals surface area contributed by atoms with E-state index in [-0.39, 0.29) is 0 Å². The molecular formula is C10H12O3. The lowest BCUT2D eigenvalue weighted by molar-refractivity contribution is 0.111. The smallest absolute Gasteiger partial charge is 0.171 e. The molecule has 0 unspecified atom stereocenters. The van der Waals surface area contributed by atoms with Gasteiger partial charge in [0.2, 0.25) is 0 Å². The summed E-state index contributed by atoms with van der Waals surface area (Å²) in [6.45, 7) is 1.85. The fourth-order valence-corrected chi connectivity index (χ4v) is 1.20. The molecule has 0 fully saturated rings. The molecular weight excluding hydrogens is 168 g/mol. The maximum Gasteiger partial charge on any atom is 0.171 e. The zero-order chi connectivity index (χ0) is 9.84. The molecule has 0 heterocycles. The van der Waals surface area contributed by atoms with E-state index in [2.05, 4.69) is 0 Å². The summed E-state index contributed by atoms with van der Waals surface area (Å²) in [5.74, 6) is 1.08. The van der Waals surface area contributed by atoms with E-state index in [9.17, 15) is 4.79 Å². The number of benzene rings is 1. The number of aryl methyl sites for hydroxylation is 1. The molecule has 0 aliphatic heterocycles. The van der Waals surface area contributed by atoms with Crippen LogP contribution >= 0.6 is 0 Å². The second-order valence-electron chi connectivity index (χ2n) is 2.65. The van der Waals surface area contributed by atoms with Gasteiger partial charge in [-0.2, -0.15) is 0 Å². The number of hydrogen-bond donors (Lipinski definition) is 0. The predicted octanol–water partition coefficient (Wildman–Crippen LogP) is 1.82. The summed E-state index contributed by atoms with van der Waals surface area (Å²) in [5, 5.41) is 0. The van der Waals surface area contributed by atoms with Crippen molar-refractivity contribution in [3.8, 4) is 11.5 Å². The number of aldehydes is 1. The van der Waals surface area contributed by atoms with E-state index < -0.39 is 0 Å². The highest BCUT2D eigenvalue weighted by Gasteiger charge is 2.10. The van der Waals surface area contributed by atoms with Crippen LogP contribution in [0.15, 0.2) is 12.1 Å². The molecule has 0 aliphatic carbocycles. The fraction of sp³-hybridized carbons (Fsp3) is 0.300. The van der Waals surface area contributed by atoms with E-state index in [0.29, 0.717) is 17.1 Å². The van der Waals surface area contributed by atoms with Gasteiger partial charge < -0.3 is 9.47 Å². The van der Waals surface area contributed by atoms with Crippen LogP contribution in [0.4, 0.5) is 0 Å². The van der Waals surface area contributed by atoms with Gasteiger partial charge in [-0.25, -0.2) is 0 Å². The zero-order valence-corrected chi connectivity index (χ0v) is 7.96. The number of carbonyl (C=O) groups excluding carboxylic acids is 1. The Balaban J connectivity index is 3.36. The van der Waals surface area contributed by atoms with Crippen molar-refractivity contribution >= 4 is 6.29 Å². The van der Waals surface area contributed by atoms with Crippen LogP contribution in [-0.2, 0) is 0 Å².